The minimum atomic E-state index is 0.241. The molecule has 0 radical (unpaired) electrons. The Kier molecular flexibility index (Phi) is 2.93. The van der Waals surface area contributed by atoms with E-state index >= 15 is 0 Å². The van der Waals surface area contributed by atoms with Crippen LogP contribution >= 0.6 is 11.6 Å². The Morgan fingerprint density at radius 3 is 2.46 bits per heavy atom. The minimum Gasteiger partial charge on any atom is -0.393 e. The monoisotopic (exact) mass is 200 g/mol. The third-order valence-corrected chi connectivity index (χ3v) is 1.96. The highest BCUT2D eigenvalue weighted by Crippen LogP contribution is 2.25. The van der Waals surface area contributed by atoms with Crippen LogP contribution in [0.3, 0.4) is 0 Å². The lowest BCUT2D eigenvalue weighted by molar-refractivity contribution is 0.777. The van der Waals surface area contributed by atoms with Crippen molar-refractivity contribution in [3.8, 4) is 0 Å². The van der Waals surface area contributed by atoms with Crippen LogP contribution in [-0.2, 0) is 0 Å². The van der Waals surface area contributed by atoms with Gasteiger partial charge in [0.05, 0.1) is 0 Å². The average Bonchev–Trinajstić information content (AvgIpc) is 2.09. The number of halogens is 1. The Balaban J connectivity index is 3.22. The van der Waals surface area contributed by atoms with Gasteiger partial charge in [0.25, 0.3) is 0 Å². The fourth-order valence-electron chi connectivity index (χ4n) is 0.907. The number of nitrogens with one attached hydrogen (secondary N) is 1. The van der Waals surface area contributed by atoms with Gasteiger partial charge in [0, 0.05) is 13.0 Å². The first-order valence-electron chi connectivity index (χ1n) is 4.07. The molecule has 1 aromatic heterocycles. The largest absolute Gasteiger partial charge is 0.393 e. The zero-order valence-electron chi connectivity index (χ0n) is 7.93. The van der Waals surface area contributed by atoms with Crippen molar-refractivity contribution in [2.45, 2.75) is 19.8 Å². The van der Waals surface area contributed by atoms with Crippen molar-refractivity contribution in [3.63, 3.8) is 0 Å². The van der Waals surface area contributed by atoms with Crippen molar-refractivity contribution >= 4 is 23.1 Å². The number of nitrogens with zero attached hydrogens (tertiary/aromatic N) is 2. The van der Waals surface area contributed by atoms with E-state index in [1.165, 1.54) is 0 Å². The Bertz CT molecular complexity index is 311. The lowest BCUT2D eigenvalue weighted by Gasteiger charge is -2.09. The molecule has 0 aliphatic carbocycles. The van der Waals surface area contributed by atoms with E-state index in [1.54, 1.807) is 7.05 Å². The van der Waals surface area contributed by atoms with Gasteiger partial charge in [-0.15, -0.1) is 0 Å². The summed E-state index contributed by atoms with van der Waals surface area (Å²) < 4.78 is 0. The average molecular weight is 201 g/mol. The molecule has 0 unspecified atom stereocenters. The molecule has 0 aliphatic rings. The molecule has 13 heavy (non-hydrogen) atoms. The van der Waals surface area contributed by atoms with E-state index in [1.807, 2.05) is 13.8 Å². The van der Waals surface area contributed by atoms with Crippen LogP contribution in [0, 0.1) is 0 Å². The number of aromatic nitrogens is 2. The molecule has 5 heteroatoms. The first-order chi connectivity index (χ1) is 6.06. The van der Waals surface area contributed by atoms with Crippen LogP contribution in [0.4, 0.5) is 11.5 Å². The molecule has 0 aliphatic heterocycles. The highest BCUT2D eigenvalue weighted by molar-refractivity contribution is 6.32. The molecule has 3 N–H and O–H groups in total. The third-order valence-electron chi connectivity index (χ3n) is 1.67. The molecular formula is C8H13ClN4. The molecule has 0 fully saturated rings. The van der Waals surface area contributed by atoms with E-state index in [0.717, 1.165) is 0 Å². The lowest BCUT2D eigenvalue weighted by atomic mass is 10.2. The third kappa shape index (κ3) is 2.01. The summed E-state index contributed by atoms with van der Waals surface area (Å²) in [5.74, 6) is 1.53. The zero-order valence-corrected chi connectivity index (χ0v) is 8.68. The molecule has 0 aromatic carbocycles. The number of hydrogen-bond acceptors (Lipinski definition) is 4. The van der Waals surface area contributed by atoms with Crippen LogP contribution in [0.5, 0.6) is 0 Å². The Morgan fingerprint density at radius 2 is 2.00 bits per heavy atom. The highest BCUT2D eigenvalue weighted by atomic mass is 35.5. The van der Waals surface area contributed by atoms with E-state index in [4.69, 9.17) is 17.3 Å². The summed E-state index contributed by atoms with van der Waals surface area (Å²) in [7, 11) is 1.75. The lowest BCUT2D eigenvalue weighted by Crippen LogP contribution is -2.06. The Hall–Kier alpha value is -1.03. The van der Waals surface area contributed by atoms with Crippen LogP contribution in [0.25, 0.3) is 0 Å². The predicted octanol–water partition coefficient (Wildman–Crippen LogP) is 1.88. The summed E-state index contributed by atoms with van der Waals surface area (Å²) in [6, 6.07) is 0. The van der Waals surface area contributed by atoms with Gasteiger partial charge in [0.1, 0.15) is 11.5 Å². The summed E-state index contributed by atoms with van der Waals surface area (Å²) in [5.41, 5.74) is 6.04. The quantitative estimate of drug-likeness (QED) is 0.716. The summed E-state index contributed by atoms with van der Waals surface area (Å²) in [5, 5.41) is 3.18. The van der Waals surface area contributed by atoms with Gasteiger partial charge in [-0.1, -0.05) is 25.4 Å². The van der Waals surface area contributed by atoms with Gasteiger partial charge >= 0.3 is 0 Å². The summed E-state index contributed by atoms with van der Waals surface area (Å²) >= 11 is 5.83. The number of rotatable bonds is 2. The molecule has 0 bridgehead atoms. The molecular weight excluding hydrogens is 188 g/mol. The fourth-order valence-corrected chi connectivity index (χ4v) is 1.08. The summed E-state index contributed by atoms with van der Waals surface area (Å²) in [4.78, 5) is 8.29. The zero-order chi connectivity index (χ0) is 10.0. The van der Waals surface area contributed by atoms with Gasteiger partial charge in [-0.3, -0.25) is 0 Å². The molecule has 0 amide bonds. The molecule has 4 nitrogen and oxygen atoms in total. The Morgan fingerprint density at radius 1 is 1.38 bits per heavy atom. The van der Waals surface area contributed by atoms with Crippen molar-refractivity contribution in [1.29, 1.82) is 0 Å². The molecule has 1 rings (SSSR count). The minimum absolute atomic E-state index is 0.241. The van der Waals surface area contributed by atoms with Crippen molar-refractivity contribution < 1.29 is 0 Å². The van der Waals surface area contributed by atoms with Crippen LogP contribution in [0.1, 0.15) is 25.6 Å². The maximum absolute atomic E-state index is 5.83. The van der Waals surface area contributed by atoms with Crippen molar-refractivity contribution in [2.75, 3.05) is 18.1 Å². The highest BCUT2D eigenvalue weighted by Gasteiger charge is 2.10. The van der Waals surface area contributed by atoms with Gasteiger partial charge in [0.2, 0.25) is 0 Å². The SMILES string of the molecule is CNc1nc(C(C)C)nc(Cl)c1N. The molecule has 0 saturated heterocycles. The van der Waals surface area contributed by atoms with Crippen molar-refractivity contribution in [2.24, 2.45) is 0 Å². The van der Waals surface area contributed by atoms with Gasteiger partial charge in [-0.25, -0.2) is 9.97 Å². The van der Waals surface area contributed by atoms with E-state index in [0.29, 0.717) is 22.5 Å². The second-order valence-corrected chi connectivity index (χ2v) is 3.40. The van der Waals surface area contributed by atoms with Crippen LogP contribution in [0.2, 0.25) is 5.15 Å². The summed E-state index contributed by atoms with van der Waals surface area (Å²) in [6.07, 6.45) is 0. The van der Waals surface area contributed by atoms with E-state index in [9.17, 15) is 0 Å². The molecule has 72 valence electrons. The number of hydrogen-bond donors (Lipinski definition) is 2. The van der Waals surface area contributed by atoms with Gasteiger partial charge in [0.15, 0.2) is 11.0 Å². The first kappa shape index (κ1) is 10.1. The summed E-state index contributed by atoms with van der Waals surface area (Å²) in [6.45, 7) is 4.00. The van der Waals surface area contributed by atoms with E-state index in [2.05, 4.69) is 15.3 Å². The van der Waals surface area contributed by atoms with Crippen LogP contribution < -0.4 is 11.1 Å². The number of nitrogen functional groups attached to an aromatic ring is 1. The standard InChI is InChI=1S/C8H13ClN4/c1-4(2)7-12-6(9)5(10)8(11-3)13-7/h4H,10H2,1-3H3,(H,11,12,13). The predicted molar refractivity (Wildman–Crippen MR) is 55.1 cm³/mol. The number of anilines is 2. The van der Waals surface area contributed by atoms with Gasteiger partial charge in [-0.2, -0.15) is 0 Å². The topological polar surface area (TPSA) is 63.8 Å². The van der Waals surface area contributed by atoms with Crippen LogP contribution in [0.15, 0.2) is 0 Å². The fraction of sp³-hybridized carbons (Fsp3) is 0.500. The number of nitrogens with two attached hydrogens (primary N) is 1. The second kappa shape index (κ2) is 3.79. The molecule has 1 aromatic rings. The Labute approximate surface area is 82.5 Å². The molecule has 0 spiro atoms. The maximum atomic E-state index is 5.83. The first-order valence-corrected chi connectivity index (χ1v) is 4.44. The van der Waals surface area contributed by atoms with Crippen LogP contribution in [-0.4, -0.2) is 17.0 Å². The van der Waals surface area contributed by atoms with Gasteiger partial charge in [-0.05, 0) is 0 Å². The van der Waals surface area contributed by atoms with E-state index in [-0.39, 0.29) is 5.92 Å². The van der Waals surface area contributed by atoms with E-state index < -0.39 is 0 Å². The molecule has 0 atom stereocenters. The van der Waals surface area contributed by atoms with Crippen molar-refractivity contribution in [3.05, 3.63) is 11.0 Å². The smallest absolute Gasteiger partial charge is 0.157 e. The molecule has 0 saturated carbocycles. The van der Waals surface area contributed by atoms with Crippen molar-refractivity contribution in [1.82, 2.24) is 9.97 Å². The van der Waals surface area contributed by atoms with Gasteiger partial charge < -0.3 is 11.1 Å². The molecule has 1 heterocycles. The maximum Gasteiger partial charge on any atom is 0.157 e. The normalized spacial score (nSPS) is 10.5. The second-order valence-electron chi connectivity index (χ2n) is 3.04.